The van der Waals surface area contributed by atoms with Crippen molar-refractivity contribution in [2.24, 2.45) is 5.92 Å². The topological polar surface area (TPSA) is 76.5 Å². The number of amides is 2. The summed E-state index contributed by atoms with van der Waals surface area (Å²) in [6, 6.07) is 11.5. The molecule has 7 nitrogen and oxygen atoms in total. The summed E-state index contributed by atoms with van der Waals surface area (Å²) in [4.78, 5) is 31.9. The van der Waals surface area contributed by atoms with Gasteiger partial charge in [-0.2, -0.15) is 0 Å². The van der Waals surface area contributed by atoms with Crippen LogP contribution >= 0.6 is 0 Å². The largest absolute Gasteiger partial charge is 0.365 e. The van der Waals surface area contributed by atoms with E-state index >= 15 is 0 Å². The zero-order chi connectivity index (χ0) is 25.2. The highest BCUT2D eigenvalue weighted by molar-refractivity contribution is 5.93. The number of hydrogen-bond donors (Lipinski definition) is 1. The fraction of sp³-hybridized carbons (Fsp3) is 0.370. The number of piperidine rings is 1. The predicted molar refractivity (Wildman–Crippen MR) is 128 cm³/mol. The number of aryl methyl sites for hydroxylation is 1. The summed E-state index contributed by atoms with van der Waals surface area (Å²) in [5.41, 5.74) is 3.68. The molecular formula is C27H28F2N4O3. The van der Waals surface area contributed by atoms with Gasteiger partial charge in [0.2, 0.25) is 5.91 Å². The van der Waals surface area contributed by atoms with Crippen LogP contribution in [0.15, 0.2) is 48.8 Å². The lowest BCUT2D eigenvalue weighted by atomic mass is 9.95. The molecule has 0 spiro atoms. The molecule has 1 atom stereocenters. The number of fused-ring (bicyclic) bond motifs is 1. The molecule has 9 heteroatoms. The lowest BCUT2D eigenvalue weighted by Crippen LogP contribution is -2.43. The van der Waals surface area contributed by atoms with E-state index in [2.05, 4.69) is 34.6 Å². The van der Waals surface area contributed by atoms with Gasteiger partial charge < -0.3 is 19.5 Å². The first kappa shape index (κ1) is 24.1. The minimum Gasteiger partial charge on any atom is -0.365 e. The Balaban J connectivity index is 1.15. The highest BCUT2D eigenvalue weighted by Gasteiger charge is 2.32. The maximum Gasteiger partial charge on any atom is 0.274 e. The van der Waals surface area contributed by atoms with Crippen LogP contribution < -0.4 is 5.32 Å². The first-order chi connectivity index (χ1) is 17.4. The Morgan fingerprint density at radius 1 is 1.11 bits per heavy atom. The Hall–Kier alpha value is -3.59. The van der Waals surface area contributed by atoms with Crippen LogP contribution in [0.1, 0.15) is 51.8 Å². The van der Waals surface area contributed by atoms with Crippen molar-refractivity contribution in [2.75, 3.05) is 13.1 Å². The van der Waals surface area contributed by atoms with Gasteiger partial charge in [-0.1, -0.05) is 35.9 Å². The van der Waals surface area contributed by atoms with E-state index in [1.807, 2.05) is 11.5 Å². The molecule has 1 fully saturated rings. The van der Waals surface area contributed by atoms with E-state index in [0.29, 0.717) is 44.8 Å². The molecule has 188 valence electrons. The van der Waals surface area contributed by atoms with E-state index in [1.165, 1.54) is 11.6 Å². The number of carbonyl (C=O) groups excluding carboxylic acids is 2. The molecule has 36 heavy (non-hydrogen) atoms. The molecule has 5 rings (SSSR count). The van der Waals surface area contributed by atoms with E-state index in [1.54, 1.807) is 11.2 Å². The average molecular weight is 495 g/mol. The number of halogens is 2. The van der Waals surface area contributed by atoms with E-state index < -0.39 is 11.6 Å². The summed E-state index contributed by atoms with van der Waals surface area (Å²) in [6.07, 6.45) is 2.62. The number of likely N-dealkylation sites (tertiary alicyclic amines) is 1. The van der Waals surface area contributed by atoms with Gasteiger partial charge in [0.15, 0.2) is 5.69 Å². The van der Waals surface area contributed by atoms with E-state index in [-0.39, 0.29) is 35.9 Å². The van der Waals surface area contributed by atoms with Gasteiger partial charge >= 0.3 is 0 Å². The van der Waals surface area contributed by atoms with Crippen LogP contribution in [0.4, 0.5) is 8.78 Å². The van der Waals surface area contributed by atoms with Crippen LogP contribution in [0.5, 0.6) is 0 Å². The summed E-state index contributed by atoms with van der Waals surface area (Å²) in [5.74, 6) is -1.97. The molecule has 0 bridgehead atoms. The van der Waals surface area contributed by atoms with Gasteiger partial charge in [-0.05, 0) is 31.4 Å². The molecule has 0 radical (unpaired) electrons. The molecule has 0 aliphatic carbocycles. The van der Waals surface area contributed by atoms with Crippen molar-refractivity contribution >= 4 is 11.8 Å². The molecule has 3 aromatic rings. The normalized spacial score (nSPS) is 18.1. The van der Waals surface area contributed by atoms with E-state index in [0.717, 1.165) is 23.4 Å². The quantitative estimate of drug-likeness (QED) is 0.584. The van der Waals surface area contributed by atoms with Crippen molar-refractivity contribution in [3.05, 3.63) is 88.5 Å². The van der Waals surface area contributed by atoms with Crippen LogP contribution in [0, 0.1) is 24.5 Å². The van der Waals surface area contributed by atoms with Crippen LogP contribution in [0.2, 0.25) is 0 Å². The minimum atomic E-state index is -0.687. The van der Waals surface area contributed by atoms with Crippen molar-refractivity contribution in [1.29, 1.82) is 0 Å². The third-order valence-corrected chi connectivity index (χ3v) is 7.00. The summed E-state index contributed by atoms with van der Waals surface area (Å²) in [7, 11) is 0. The second kappa shape index (κ2) is 10.2. The van der Waals surface area contributed by atoms with Crippen LogP contribution in [-0.2, 0) is 29.2 Å². The molecule has 2 aromatic carbocycles. The Labute approximate surface area is 208 Å². The number of imidazole rings is 1. The van der Waals surface area contributed by atoms with Crippen LogP contribution in [-0.4, -0.2) is 39.4 Å². The van der Waals surface area contributed by atoms with Gasteiger partial charge in [0.25, 0.3) is 5.91 Å². The second-order valence-corrected chi connectivity index (χ2v) is 9.42. The average Bonchev–Trinajstić information content (AvgIpc) is 3.31. The highest BCUT2D eigenvalue weighted by Crippen LogP contribution is 2.29. The maximum atomic E-state index is 13.8. The number of rotatable bonds is 5. The second-order valence-electron chi connectivity index (χ2n) is 9.42. The van der Waals surface area contributed by atoms with Gasteiger partial charge in [-0.15, -0.1) is 0 Å². The van der Waals surface area contributed by atoms with Gasteiger partial charge in [0.1, 0.15) is 17.7 Å². The zero-order valence-corrected chi connectivity index (χ0v) is 20.0. The number of ether oxygens (including phenoxy) is 1. The molecule has 0 unspecified atom stereocenters. The maximum absolute atomic E-state index is 13.8. The molecule has 1 aromatic heterocycles. The van der Waals surface area contributed by atoms with Gasteiger partial charge in [0.05, 0.1) is 25.2 Å². The fourth-order valence-electron chi connectivity index (χ4n) is 4.77. The molecule has 2 amide bonds. The Bertz CT molecular complexity index is 1270. The lowest BCUT2D eigenvalue weighted by molar-refractivity contribution is -0.126. The minimum absolute atomic E-state index is 0.00549. The predicted octanol–water partition coefficient (Wildman–Crippen LogP) is 3.91. The van der Waals surface area contributed by atoms with Crippen molar-refractivity contribution < 1.29 is 23.1 Å². The molecule has 1 saturated heterocycles. The SMILES string of the molecule is Cc1ccc([C@@H]2Cn3cnc(C(=O)N4CCC(C(=O)NCc5ccc(F)cc5F)CC4)c3CO2)cc1. The van der Waals surface area contributed by atoms with Crippen molar-refractivity contribution in [1.82, 2.24) is 19.8 Å². The summed E-state index contributed by atoms with van der Waals surface area (Å²) in [5, 5.41) is 2.73. The Kier molecular flexibility index (Phi) is 6.82. The number of aromatic nitrogens is 2. The van der Waals surface area contributed by atoms with Crippen molar-refractivity contribution in [3.63, 3.8) is 0 Å². The molecule has 3 heterocycles. The van der Waals surface area contributed by atoms with Gasteiger partial charge in [-0.3, -0.25) is 9.59 Å². The number of hydrogen-bond acceptors (Lipinski definition) is 4. The third-order valence-electron chi connectivity index (χ3n) is 7.00. The number of nitrogens with zero attached hydrogens (tertiary/aromatic N) is 3. The van der Waals surface area contributed by atoms with Crippen LogP contribution in [0.25, 0.3) is 0 Å². The van der Waals surface area contributed by atoms with Crippen LogP contribution in [0.3, 0.4) is 0 Å². The van der Waals surface area contributed by atoms with Gasteiger partial charge in [0, 0.05) is 37.2 Å². The summed E-state index contributed by atoms with van der Waals surface area (Å²) >= 11 is 0. The summed E-state index contributed by atoms with van der Waals surface area (Å²) < 4.78 is 34.9. The Morgan fingerprint density at radius 2 is 1.86 bits per heavy atom. The van der Waals surface area contributed by atoms with Crippen molar-refractivity contribution in [3.8, 4) is 0 Å². The van der Waals surface area contributed by atoms with Gasteiger partial charge in [-0.25, -0.2) is 13.8 Å². The number of benzene rings is 2. The first-order valence-corrected chi connectivity index (χ1v) is 12.1. The molecule has 2 aliphatic rings. The molecule has 1 N–H and O–H groups in total. The standard InChI is InChI=1S/C27H28F2N4O3/c1-17-2-4-18(5-3-17)24-14-33-16-31-25(23(33)15-36-24)27(35)32-10-8-19(9-11-32)26(34)30-13-20-6-7-21(28)12-22(20)29/h2-7,12,16,19,24H,8-11,13-15H2,1H3,(H,30,34)/t24-/m0/s1. The Morgan fingerprint density at radius 3 is 2.58 bits per heavy atom. The number of nitrogens with one attached hydrogen (secondary N) is 1. The van der Waals surface area contributed by atoms with E-state index in [9.17, 15) is 18.4 Å². The fourth-order valence-corrected chi connectivity index (χ4v) is 4.77. The number of carbonyl (C=O) groups is 2. The molecule has 0 saturated carbocycles. The zero-order valence-electron chi connectivity index (χ0n) is 20.0. The lowest BCUT2D eigenvalue weighted by Gasteiger charge is -2.31. The van der Waals surface area contributed by atoms with Crippen molar-refractivity contribution in [2.45, 2.75) is 45.6 Å². The third kappa shape index (κ3) is 5.02. The van der Waals surface area contributed by atoms with E-state index in [4.69, 9.17) is 4.74 Å². The molecular weight excluding hydrogens is 466 g/mol. The smallest absolute Gasteiger partial charge is 0.274 e. The monoisotopic (exact) mass is 494 g/mol. The summed E-state index contributed by atoms with van der Waals surface area (Å²) in [6.45, 7) is 3.80. The molecule has 2 aliphatic heterocycles. The first-order valence-electron chi connectivity index (χ1n) is 12.1. The highest BCUT2D eigenvalue weighted by atomic mass is 19.1.